The molecule has 108 valence electrons. The molecule has 0 saturated carbocycles. The van der Waals surface area contributed by atoms with Gasteiger partial charge in [0.1, 0.15) is 5.82 Å². The number of nitrogens with zero attached hydrogens (tertiary/aromatic N) is 2. The molecule has 0 aliphatic carbocycles. The SMILES string of the molecule is CCCN[C@@H](C)c1nc2cc(Cl)ccc2c(=O)n1CC. The molecule has 0 bridgehead atoms. The van der Waals surface area contributed by atoms with Gasteiger partial charge in [0.15, 0.2) is 0 Å². The summed E-state index contributed by atoms with van der Waals surface area (Å²) in [6.07, 6.45) is 1.04. The Morgan fingerprint density at radius 2 is 2.15 bits per heavy atom. The second kappa shape index (κ2) is 6.37. The van der Waals surface area contributed by atoms with Gasteiger partial charge in [-0.15, -0.1) is 0 Å². The molecule has 1 aromatic heterocycles. The fourth-order valence-electron chi connectivity index (χ4n) is 2.30. The van der Waals surface area contributed by atoms with E-state index in [-0.39, 0.29) is 11.6 Å². The van der Waals surface area contributed by atoms with Gasteiger partial charge in [-0.1, -0.05) is 18.5 Å². The van der Waals surface area contributed by atoms with Crippen LogP contribution in [0.25, 0.3) is 10.9 Å². The van der Waals surface area contributed by atoms with Crippen molar-refractivity contribution in [3.8, 4) is 0 Å². The zero-order chi connectivity index (χ0) is 14.7. The molecule has 2 aromatic rings. The quantitative estimate of drug-likeness (QED) is 0.921. The Labute approximate surface area is 123 Å². The van der Waals surface area contributed by atoms with Gasteiger partial charge in [-0.2, -0.15) is 0 Å². The number of hydrogen-bond donors (Lipinski definition) is 1. The van der Waals surface area contributed by atoms with Crippen LogP contribution in [0.2, 0.25) is 5.02 Å². The minimum Gasteiger partial charge on any atom is -0.308 e. The maximum atomic E-state index is 12.5. The van der Waals surface area contributed by atoms with Crippen LogP contribution in [0.1, 0.15) is 39.1 Å². The first-order valence-electron chi connectivity index (χ1n) is 7.01. The summed E-state index contributed by atoms with van der Waals surface area (Å²) in [7, 11) is 0. The molecule has 0 amide bonds. The summed E-state index contributed by atoms with van der Waals surface area (Å²) in [4.78, 5) is 17.2. The summed E-state index contributed by atoms with van der Waals surface area (Å²) in [5, 5.41) is 4.58. The summed E-state index contributed by atoms with van der Waals surface area (Å²) in [5.74, 6) is 0.765. The predicted octanol–water partition coefficient (Wildman–Crippen LogP) is 3.13. The van der Waals surface area contributed by atoms with Crippen LogP contribution in [-0.2, 0) is 6.54 Å². The van der Waals surface area contributed by atoms with E-state index >= 15 is 0 Å². The highest BCUT2D eigenvalue weighted by molar-refractivity contribution is 6.31. The minimum atomic E-state index is -0.00526. The summed E-state index contributed by atoms with van der Waals surface area (Å²) in [6.45, 7) is 7.60. The van der Waals surface area contributed by atoms with Crippen molar-refractivity contribution in [2.75, 3.05) is 6.54 Å². The van der Waals surface area contributed by atoms with Crippen LogP contribution in [0.4, 0.5) is 0 Å². The van der Waals surface area contributed by atoms with Gasteiger partial charge < -0.3 is 5.32 Å². The van der Waals surface area contributed by atoms with Crippen LogP contribution in [0.5, 0.6) is 0 Å². The van der Waals surface area contributed by atoms with E-state index in [4.69, 9.17) is 11.6 Å². The zero-order valence-electron chi connectivity index (χ0n) is 12.1. The highest BCUT2D eigenvalue weighted by Crippen LogP contribution is 2.17. The van der Waals surface area contributed by atoms with Crippen LogP contribution < -0.4 is 10.9 Å². The van der Waals surface area contributed by atoms with E-state index in [0.717, 1.165) is 18.8 Å². The molecule has 2 rings (SSSR count). The number of hydrogen-bond acceptors (Lipinski definition) is 3. The number of halogens is 1. The zero-order valence-corrected chi connectivity index (χ0v) is 12.9. The third kappa shape index (κ3) is 2.86. The lowest BCUT2D eigenvalue weighted by Gasteiger charge is -2.18. The molecule has 1 heterocycles. The van der Waals surface area contributed by atoms with Crippen molar-refractivity contribution in [1.82, 2.24) is 14.9 Å². The highest BCUT2D eigenvalue weighted by Gasteiger charge is 2.15. The fraction of sp³-hybridized carbons (Fsp3) is 0.467. The van der Waals surface area contributed by atoms with Crippen molar-refractivity contribution in [2.45, 2.75) is 39.8 Å². The van der Waals surface area contributed by atoms with E-state index in [2.05, 4.69) is 17.2 Å². The van der Waals surface area contributed by atoms with Gasteiger partial charge >= 0.3 is 0 Å². The molecular weight excluding hydrogens is 274 g/mol. The Bertz CT molecular complexity index is 666. The van der Waals surface area contributed by atoms with Crippen molar-refractivity contribution in [1.29, 1.82) is 0 Å². The number of fused-ring (bicyclic) bond motifs is 1. The van der Waals surface area contributed by atoms with E-state index in [0.29, 0.717) is 22.5 Å². The normalized spacial score (nSPS) is 12.8. The van der Waals surface area contributed by atoms with Crippen LogP contribution >= 0.6 is 11.6 Å². The average molecular weight is 294 g/mol. The molecule has 20 heavy (non-hydrogen) atoms. The molecule has 1 atom stereocenters. The molecule has 0 fully saturated rings. The summed E-state index contributed by atoms with van der Waals surface area (Å²) < 4.78 is 1.73. The lowest BCUT2D eigenvalue weighted by molar-refractivity contribution is 0.504. The Hall–Kier alpha value is -1.39. The molecule has 1 N–H and O–H groups in total. The van der Waals surface area contributed by atoms with E-state index in [1.807, 2.05) is 13.8 Å². The van der Waals surface area contributed by atoms with Crippen molar-refractivity contribution >= 4 is 22.5 Å². The molecule has 0 radical (unpaired) electrons. The molecule has 0 unspecified atom stereocenters. The van der Waals surface area contributed by atoms with E-state index < -0.39 is 0 Å². The van der Waals surface area contributed by atoms with Crippen LogP contribution in [0.15, 0.2) is 23.0 Å². The van der Waals surface area contributed by atoms with Crippen molar-refractivity contribution in [2.24, 2.45) is 0 Å². The molecule has 0 spiro atoms. The van der Waals surface area contributed by atoms with Gasteiger partial charge in [0, 0.05) is 11.6 Å². The van der Waals surface area contributed by atoms with Crippen molar-refractivity contribution in [3.63, 3.8) is 0 Å². The van der Waals surface area contributed by atoms with E-state index in [9.17, 15) is 4.79 Å². The van der Waals surface area contributed by atoms with Gasteiger partial charge in [0.2, 0.25) is 0 Å². The van der Waals surface area contributed by atoms with Crippen LogP contribution in [0, 0.1) is 0 Å². The van der Waals surface area contributed by atoms with Gasteiger partial charge in [-0.05, 0) is 45.0 Å². The van der Waals surface area contributed by atoms with Gasteiger partial charge in [-0.3, -0.25) is 9.36 Å². The maximum Gasteiger partial charge on any atom is 0.261 e. The Morgan fingerprint density at radius 1 is 1.40 bits per heavy atom. The third-order valence-corrected chi connectivity index (χ3v) is 3.59. The lowest BCUT2D eigenvalue weighted by atomic mass is 10.2. The fourth-order valence-corrected chi connectivity index (χ4v) is 2.47. The first-order chi connectivity index (χ1) is 9.58. The average Bonchev–Trinajstić information content (AvgIpc) is 2.44. The monoisotopic (exact) mass is 293 g/mol. The molecule has 4 nitrogen and oxygen atoms in total. The largest absolute Gasteiger partial charge is 0.308 e. The molecule has 0 saturated heterocycles. The predicted molar refractivity (Wildman–Crippen MR) is 83.4 cm³/mol. The molecule has 0 aliphatic rings. The number of benzene rings is 1. The number of rotatable bonds is 5. The lowest BCUT2D eigenvalue weighted by Crippen LogP contribution is -2.31. The van der Waals surface area contributed by atoms with E-state index in [1.54, 1.807) is 22.8 Å². The van der Waals surface area contributed by atoms with Gasteiger partial charge in [-0.25, -0.2) is 4.98 Å². The molecule has 1 aromatic carbocycles. The van der Waals surface area contributed by atoms with Crippen molar-refractivity contribution in [3.05, 3.63) is 39.4 Å². The summed E-state index contributed by atoms with van der Waals surface area (Å²) in [5.41, 5.74) is 0.654. The Kier molecular flexibility index (Phi) is 4.78. The molecular formula is C15H20ClN3O. The Balaban J connectivity index is 2.60. The highest BCUT2D eigenvalue weighted by atomic mass is 35.5. The standard InChI is InChI=1S/C15H20ClN3O/c1-4-8-17-10(3)14-18-13-9-11(16)6-7-12(13)15(20)19(14)5-2/h6-7,9-10,17H,4-5,8H2,1-3H3/t10-/m0/s1. The minimum absolute atomic E-state index is 0.00526. The van der Waals surface area contributed by atoms with E-state index in [1.165, 1.54) is 0 Å². The van der Waals surface area contributed by atoms with Crippen LogP contribution in [-0.4, -0.2) is 16.1 Å². The second-order valence-electron chi connectivity index (χ2n) is 4.86. The van der Waals surface area contributed by atoms with Crippen LogP contribution in [0.3, 0.4) is 0 Å². The second-order valence-corrected chi connectivity index (χ2v) is 5.29. The third-order valence-electron chi connectivity index (χ3n) is 3.35. The van der Waals surface area contributed by atoms with Crippen molar-refractivity contribution < 1.29 is 0 Å². The number of nitrogens with one attached hydrogen (secondary N) is 1. The van der Waals surface area contributed by atoms with Gasteiger partial charge in [0.25, 0.3) is 5.56 Å². The molecule has 5 heteroatoms. The maximum absolute atomic E-state index is 12.5. The first kappa shape index (κ1) is 15.0. The van der Waals surface area contributed by atoms with Gasteiger partial charge in [0.05, 0.1) is 16.9 Å². The first-order valence-corrected chi connectivity index (χ1v) is 7.39. The molecule has 0 aliphatic heterocycles. The summed E-state index contributed by atoms with van der Waals surface area (Å²) >= 11 is 6.00. The Morgan fingerprint density at radius 3 is 2.80 bits per heavy atom. The smallest absolute Gasteiger partial charge is 0.261 e. The topological polar surface area (TPSA) is 46.9 Å². The summed E-state index contributed by atoms with van der Waals surface area (Å²) in [6, 6.07) is 5.25. The number of aromatic nitrogens is 2.